The number of aromatic nitrogens is 1. The fourth-order valence-electron chi connectivity index (χ4n) is 5.28. The Labute approximate surface area is 227 Å². The van der Waals surface area contributed by atoms with Crippen LogP contribution in [0.1, 0.15) is 44.5 Å². The summed E-state index contributed by atoms with van der Waals surface area (Å²) in [5.41, 5.74) is 2.75. The maximum atomic E-state index is 2.54. The fraction of sp³-hybridized carbons (Fsp3) is 0.242. The number of fused-ring (bicyclic) bond motifs is 6. The van der Waals surface area contributed by atoms with Gasteiger partial charge in [0.1, 0.15) is 4.70 Å². The summed E-state index contributed by atoms with van der Waals surface area (Å²) in [4.78, 5) is 3.90. The second-order valence-corrected chi connectivity index (χ2v) is 11.8. The molecule has 5 aromatic rings. The first-order chi connectivity index (χ1) is 18.3. The minimum absolute atomic E-state index is 1.05. The molecule has 6 rings (SSSR count). The predicted molar refractivity (Wildman–Crippen MR) is 164 cm³/mol. The zero-order valence-corrected chi connectivity index (χ0v) is 23.2. The van der Waals surface area contributed by atoms with Gasteiger partial charge >= 0.3 is 0 Å². The van der Waals surface area contributed by atoms with E-state index in [1.54, 1.807) is 0 Å². The lowest BCUT2D eigenvalue weighted by Crippen LogP contribution is -2.35. The molecule has 4 aromatic carbocycles. The Kier molecular flexibility index (Phi) is 7.04. The van der Waals surface area contributed by atoms with E-state index in [1.807, 2.05) is 23.1 Å². The van der Waals surface area contributed by atoms with Crippen LogP contribution in [0.25, 0.3) is 37.8 Å². The van der Waals surface area contributed by atoms with Crippen molar-refractivity contribution in [1.82, 2.24) is 0 Å². The van der Waals surface area contributed by atoms with Gasteiger partial charge < -0.3 is 4.90 Å². The van der Waals surface area contributed by atoms with Gasteiger partial charge in [-0.2, -0.15) is 4.57 Å². The number of unbranched alkanes of at least 4 members (excludes halogenated alkanes) is 2. The number of nitrogens with zero attached hydrogens (tertiary/aromatic N) is 2. The quantitative estimate of drug-likeness (QED) is 0.188. The van der Waals surface area contributed by atoms with Gasteiger partial charge in [-0.15, -0.1) is 0 Å². The molecule has 0 spiro atoms. The van der Waals surface area contributed by atoms with E-state index in [-0.39, 0.29) is 0 Å². The second kappa shape index (κ2) is 10.7. The van der Waals surface area contributed by atoms with Crippen LogP contribution in [0, 0.1) is 0 Å². The molecule has 0 fully saturated rings. The first-order valence-corrected chi connectivity index (χ1v) is 15.1. The Hall–Kier alpha value is -3.08. The summed E-state index contributed by atoms with van der Waals surface area (Å²) in [6.45, 7) is 6.65. The normalized spacial score (nSPS) is 14.6. The lowest BCUT2D eigenvalue weighted by atomic mass is 10.1. The van der Waals surface area contributed by atoms with E-state index in [2.05, 4.69) is 114 Å². The molecule has 1 aliphatic heterocycles. The van der Waals surface area contributed by atoms with Crippen molar-refractivity contribution in [2.24, 2.45) is 0 Å². The standard InChI is InChI=1S/C33H33N2S2/c1-3-5-22-34-30(36-28-20-18-24-12-7-9-14-26(24)32(28)34)16-11-17-31-35(23-6-4-2)33-27-15-10-8-13-25(27)19-21-29(33)37-31/h7-21H,3-6,22-23H2,1-2H3/q+1. The molecule has 0 atom stereocenters. The van der Waals surface area contributed by atoms with Crippen LogP contribution in [0.2, 0.25) is 0 Å². The van der Waals surface area contributed by atoms with Gasteiger partial charge in [-0.05, 0) is 41.5 Å². The van der Waals surface area contributed by atoms with E-state index in [1.165, 1.54) is 78.1 Å². The zero-order valence-electron chi connectivity index (χ0n) is 21.6. The average molecular weight is 522 g/mol. The molecule has 1 aromatic heterocycles. The molecular formula is C33H33N2S2+. The van der Waals surface area contributed by atoms with Crippen LogP contribution in [0.5, 0.6) is 0 Å². The van der Waals surface area contributed by atoms with E-state index in [0.29, 0.717) is 0 Å². The Morgan fingerprint density at radius 2 is 1.54 bits per heavy atom. The molecule has 4 heteroatoms. The number of hydrogen-bond donors (Lipinski definition) is 0. The van der Waals surface area contributed by atoms with Crippen LogP contribution in [-0.4, -0.2) is 6.54 Å². The number of allylic oxidation sites excluding steroid dienone is 2. The van der Waals surface area contributed by atoms with Crippen molar-refractivity contribution >= 4 is 66.6 Å². The molecule has 0 amide bonds. The molecule has 0 saturated heterocycles. The minimum atomic E-state index is 1.05. The van der Waals surface area contributed by atoms with Gasteiger partial charge in [-0.25, -0.2) is 0 Å². The molecular weight excluding hydrogens is 489 g/mol. The van der Waals surface area contributed by atoms with Crippen molar-refractivity contribution in [2.75, 3.05) is 11.4 Å². The van der Waals surface area contributed by atoms with Gasteiger partial charge in [0.15, 0.2) is 6.54 Å². The van der Waals surface area contributed by atoms with Gasteiger partial charge in [0.25, 0.3) is 5.01 Å². The molecule has 37 heavy (non-hydrogen) atoms. The Morgan fingerprint density at radius 3 is 2.35 bits per heavy atom. The summed E-state index contributed by atoms with van der Waals surface area (Å²) in [5, 5.41) is 7.98. The molecule has 0 saturated carbocycles. The maximum Gasteiger partial charge on any atom is 0.262 e. The fourth-order valence-corrected chi connectivity index (χ4v) is 7.52. The summed E-state index contributed by atoms with van der Waals surface area (Å²) in [7, 11) is 0. The molecule has 0 unspecified atom stereocenters. The zero-order chi connectivity index (χ0) is 25.2. The monoisotopic (exact) mass is 521 g/mol. The Bertz CT molecular complexity index is 1640. The number of aryl methyl sites for hydroxylation is 1. The second-order valence-electron chi connectivity index (χ2n) is 9.68. The molecule has 186 valence electrons. The van der Waals surface area contributed by atoms with Gasteiger partial charge in [0.05, 0.1) is 16.1 Å². The highest BCUT2D eigenvalue weighted by atomic mass is 32.2. The van der Waals surface area contributed by atoms with Crippen LogP contribution < -0.4 is 9.47 Å². The molecule has 0 aliphatic carbocycles. The summed E-state index contributed by atoms with van der Waals surface area (Å²) in [6, 6.07) is 26.7. The van der Waals surface area contributed by atoms with E-state index >= 15 is 0 Å². The third kappa shape index (κ3) is 4.58. The molecule has 0 radical (unpaired) electrons. The molecule has 1 aliphatic rings. The van der Waals surface area contributed by atoms with Crippen LogP contribution >= 0.6 is 23.1 Å². The van der Waals surface area contributed by atoms with E-state index in [9.17, 15) is 0 Å². The van der Waals surface area contributed by atoms with Gasteiger partial charge in [0, 0.05) is 29.3 Å². The van der Waals surface area contributed by atoms with Crippen LogP contribution in [-0.2, 0) is 6.54 Å². The van der Waals surface area contributed by atoms with Crippen LogP contribution in [0.15, 0.2) is 94.9 Å². The minimum Gasteiger partial charge on any atom is -0.335 e. The number of rotatable bonds is 8. The highest BCUT2D eigenvalue weighted by molar-refractivity contribution is 8.03. The van der Waals surface area contributed by atoms with E-state index < -0.39 is 0 Å². The summed E-state index contributed by atoms with van der Waals surface area (Å²) in [6.07, 6.45) is 11.7. The molecule has 0 bridgehead atoms. The average Bonchev–Trinajstić information content (AvgIpc) is 3.48. The number of anilines is 1. The summed E-state index contributed by atoms with van der Waals surface area (Å²) < 4.78 is 3.90. The number of hydrogen-bond acceptors (Lipinski definition) is 3. The highest BCUT2D eigenvalue weighted by Crippen LogP contribution is 2.49. The maximum absolute atomic E-state index is 2.54. The van der Waals surface area contributed by atoms with Gasteiger partial charge in [-0.1, -0.05) is 110 Å². The molecule has 0 N–H and O–H groups in total. The smallest absolute Gasteiger partial charge is 0.262 e. The van der Waals surface area contributed by atoms with Crippen LogP contribution in [0.3, 0.4) is 0 Å². The Morgan fingerprint density at radius 1 is 0.811 bits per heavy atom. The number of thiazole rings is 1. The third-order valence-electron chi connectivity index (χ3n) is 7.18. The SMILES string of the molecule is CCCCN1C(=CC=Cc2sc3ccc4ccccc4c3[n+]2CCCC)Sc2ccc3ccccc3c21. The largest absolute Gasteiger partial charge is 0.335 e. The van der Waals surface area contributed by atoms with Crippen molar-refractivity contribution in [1.29, 1.82) is 0 Å². The first kappa shape index (κ1) is 24.3. The topological polar surface area (TPSA) is 7.12 Å². The number of thioether (sulfide) groups is 1. The summed E-state index contributed by atoms with van der Waals surface area (Å²) >= 11 is 3.80. The number of benzene rings is 4. The van der Waals surface area contributed by atoms with Gasteiger partial charge in [-0.3, -0.25) is 0 Å². The van der Waals surface area contributed by atoms with Crippen molar-refractivity contribution in [3.05, 3.63) is 95.0 Å². The van der Waals surface area contributed by atoms with E-state index in [0.717, 1.165) is 13.1 Å². The predicted octanol–water partition coefficient (Wildman–Crippen LogP) is 9.56. The van der Waals surface area contributed by atoms with Crippen molar-refractivity contribution in [3.63, 3.8) is 0 Å². The molecule has 2 nitrogen and oxygen atoms in total. The molecule has 2 heterocycles. The highest BCUT2D eigenvalue weighted by Gasteiger charge is 2.26. The van der Waals surface area contributed by atoms with Gasteiger partial charge in [0.2, 0.25) is 5.52 Å². The third-order valence-corrected chi connectivity index (χ3v) is 9.41. The lowest BCUT2D eigenvalue weighted by Gasteiger charge is -2.21. The van der Waals surface area contributed by atoms with Crippen LogP contribution in [0.4, 0.5) is 5.69 Å². The van der Waals surface area contributed by atoms with Crippen molar-refractivity contribution in [2.45, 2.75) is 51.0 Å². The summed E-state index contributed by atoms with van der Waals surface area (Å²) in [5.74, 6) is 0. The van der Waals surface area contributed by atoms with E-state index in [4.69, 9.17) is 0 Å². The first-order valence-electron chi connectivity index (χ1n) is 13.5. The Balaban J connectivity index is 1.39. The lowest BCUT2D eigenvalue weighted by molar-refractivity contribution is -0.668. The van der Waals surface area contributed by atoms with Crippen molar-refractivity contribution < 1.29 is 4.57 Å². The van der Waals surface area contributed by atoms with Crippen molar-refractivity contribution in [3.8, 4) is 0 Å².